The van der Waals surface area contributed by atoms with E-state index in [4.69, 9.17) is 0 Å². The number of amides is 1. The third kappa shape index (κ3) is 2.96. The Bertz CT molecular complexity index is 742. The molecule has 21 heavy (non-hydrogen) atoms. The zero-order valence-electron chi connectivity index (χ0n) is 11.5. The minimum atomic E-state index is 0.148. The summed E-state index contributed by atoms with van der Waals surface area (Å²) in [6.45, 7) is 0.581. The Morgan fingerprint density at radius 1 is 1.05 bits per heavy atom. The van der Waals surface area contributed by atoms with Crippen molar-refractivity contribution in [1.82, 2.24) is 0 Å². The summed E-state index contributed by atoms with van der Waals surface area (Å²) in [6, 6.07) is 15.9. The normalized spacial score (nSPS) is 12.3. The zero-order valence-corrected chi connectivity index (χ0v) is 13.6. The van der Waals surface area contributed by atoms with Crippen LogP contribution >= 0.6 is 22.6 Å². The average molecular weight is 387 g/mol. The van der Waals surface area contributed by atoms with Gasteiger partial charge in [0.2, 0.25) is 5.91 Å². The number of nitrogens with zero attached hydrogens (tertiary/aromatic N) is 1. The number of hydrogen-bond donors (Lipinski definition) is 0. The Morgan fingerprint density at radius 3 is 2.52 bits per heavy atom. The maximum Gasteiger partial charge on any atom is 0.228 e. The van der Waals surface area contributed by atoms with E-state index in [0.29, 0.717) is 13.0 Å². The summed E-state index contributed by atoms with van der Waals surface area (Å²) in [5.41, 5.74) is 3.92. The molecular weight excluding hydrogens is 373 g/mol. The molecule has 2 nitrogen and oxygen atoms in total. The number of benzene rings is 2. The van der Waals surface area contributed by atoms with Gasteiger partial charge < -0.3 is 4.90 Å². The molecule has 0 aliphatic carbocycles. The number of carbonyl (C=O) groups excluding carboxylic acids is 1. The molecule has 0 saturated carbocycles. The molecule has 0 atom stereocenters. The topological polar surface area (TPSA) is 20.3 Å². The van der Waals surface area contributed by atoms with Gasteiger partial charge in [-0.25, -0.2) is 0 Å². The summed E-state index contributed by atoms with van der Waals surface area (Å²) >= 11 is 2.24. The second-order valence-corrected chi connectivity index (χ2v) is 5.92. The van der Waals surface area contributed by atoms with Crippen molar-refractivity contribution in [3.63, 3.8) is 0 Å². The number of anilines is 1. The fraction of sp³-hybridized carbons (Fsp3) is 0.167. The van der Waals surface area contributed by atoms with Gasteiger partial charge in [0, 0.05) is 22.0 Å². The first kappa shape index (κ1) is 14.2. The largest absolute Gasteiger partial charge is 0.307 e. The van der Waals surface area contributed by atoms with Gasteiger partial charge in [-0.3, -0.25) is 4.79 Å². The van der Waals surface area contributed by atoms with Gasteiger partial charge in [-0.2, -0.15) is 0 Å². The smallest absolute Gasteiger partial charge is 0.228 e. The van der Waals surface area contributed by atoms with Gasteiger partial charge in [0.1, 0.15) is 0 Å². The Labute approximate surface area is 138 Å². The van der Waals surface area contributed by atoms with E-state index in [-0.39, 0.29) is 5.91 Å². The lowest BCUT2D eigenvalue weighted by molar-refractivity contribution is -0.118. The Hall–Kier alpha value is -1.80. The molecule has 1 aliphatic rings. The van der Waals surface area contributed by atoms with Gasteiger partial charge in [-0.15, -0.1) is 0 Å². The van der Waals surface area contributed by atoms with Crippen molar-refractivity contribution in [2.45, 2.75) is 13.0 Å². The van der Waals surface area contributed by atoms with Gasteiger partial charge in [0.05, 0.1) is 12.2 Å². The van der Waals surface area contributed by atoms with Crippen LogP contribution in [0.25, 0.3) is 0 Å². The number of hydrogen-bond acceptors (Lipinski definition) is 1. The van der Waals surface area contributed by atoms with Crippen molar-refractivity contribution < 1.29 is 4.79 Å². The predicted molar refractivity (Wildman–Crippen MR) is 93.6 cm³/mol. The maximum absolute atomic E-state index is 12.5. The van der Waals surface area contributed by atoms with E-state index in [1.54, 1.807) is 0 Å². The summed E-state index contributed by atoms with van der Waals surface area (Å²) in [5.74, 6) is 6.57. The highest BCUT2D eigenvalue weighted by Gasteiger charge is 2.20. The van der Waals surface area contributed by atoms with Crippen LogP contribution in [-0.2, 0) is 11.3 Å². The fourth-order valence-electron chi connectivity index (χ4n) is 2.42. The summed E-state index contributed by atoms with van der Waals surface area (Å²) < 4.78 is 0.822. The minimum absolute atomic E-state index is 0.148. The number of halogens is 1. The molecule has 0 N–H and O–H groups in total. The first-order valence-corrected chi connectivity index (χ1v) is 8.37. The SMILES string of the molecule is O=C(CCI)N1Cc2ccccc2C#Cc2ccccc21. The molecule has 0 unspecified atom stereocenters. The minimum Gasteiger partial charge on any atom is -0.307 e. The summed E-state index contributed by atoms with van der Waals surface area (Å²) in [4.78, 5) is 14.4. The number of rotatable bonds is 2. The number of para-hydroxylation sites is 1. The molecule has 0 saturated heterocycles. The Morgan fingerprint density at radius 2 is 1.71 bits per heavy atom. The van der Waals surface area contributed by atoms with Crippen LogP contribution < -0.4 is 4.90 Å². The van der Waals surface area contributed by atoms with E-state index in [1.165, 1.54) is 0 Å². The molecule has 0 spiro atoms. The van der Waals surface area contributed by atoms with Crippen molar-refractivity contribution in [2.75, 3.05) is 9.33 Å². The van der Waals surface area contributed by atoms with Crippen molar-refractivity contribution >= 4 is 34.2 Å². The molecule has 3 heteroatoms. The van der Waals surface area contributed by atoms with E-state index in [2.05, 4.69) is 34.4 Å². The predicted octanol–water partition coefficient (Wildman–Crippen LogP) is 3.76. The van der Waals surface area contributed by atoms with Crippen LogP contribution in [0, 0.1) is 11.8 Å². The zero-order chi connectivity index (χ0) is 14.7. The average Bonchev–Trinajstić information content (AvgIpc) is 2.50. The third-order valence-electron chi connectivity index (χ3n) is 3.48. The third-order valence-corrected chi connectivity index (χ3v) is 4.02. The molecule has 0 aromatic heterocycles. The lowest BCUT2D eigenvalue weighted by Gasteiger charge is -2.25. The van der Waals surface area contributed by atoms with E-state index < -0.39 is 0 Å². The molecule has 2 aromatic carbocycles. The molecule has 1 amide bonds. The molecule has 0 fully saturated rings. The molecule has 104 valence electrons. The monoisotopic (exact) mass is 387 g/mol. The standard InChI is InChI=1S/C18H14INO/c19-12-11-18(21)20-13-16-7-2-1-5-14(16)9-10-15-6-3-4-8-17(15)20/h1-8H,11-13H2. The number of alkyl halides is 1. The molecule has 0 bridgehead atoms. The summed E-state index contributed by atoms with van der Waals surface area (Å²) in [6.07, 6.45) is 0.546. The first-order valence-electron chi connectivity index (χ1n) is 6.85. The summed E-state index contributed by atoms with van der Waals surface area (Å²) in [7, 11) is 0. The molecule has 1 aliphatic heterocycles. The van der Waals surface area contributed by atoms with Crippen LogP contribution in [0.5, 0.6) is 0 Å². The Kier molecular flexibility index (Phi) is 4.26. The molecule has 1 heterocycles. The van der Waals surface area contributed by atoms with Crippen LogP contribution in [0.3, 0.4) is 0 Å². The summed E-state index contributed by atoms with van der Waals surface area (Å²) in [5, 5.41) is 0. The molecule has 0 radical (unpaired) electrons. The van der Waals surface area contributed by atoms with Crippen LogP contribution in [0.1, 0.15) is 23.1 Å². The van der Waals surface area contributed by atoms with E-state index in [1.807, 2.05) is 53.4 Å². The van der Waals surface area contributed by atoms with Crippen molar-refractivity contribution in [3.05, 3.63) is 65.2 Å². The van der Waals surface area contributed by atoms with E-state index in [0.717, 1.165) is 26.8 Å². The van der Waals surface area contributed by atoms with Gasteiger partial charge in [0.15, 0.2) is 0 Å². The van der Waals surface area contributed by atoms with Gasteiger partial charge >= 0.3 is 0 Å². The second kappa shape index (κ2) is 6.31. The maximum atomic E-state index is 12.5. The first-order chi connectivity index (χ1) is 10.3. The molecule has 3 rings (SSSR count). The lowest BCUT2D eigenvalue weighted by Crippen LogP contribution is -2.31. The van der Waals surface area contributed by atoms with Crippen molar-refractivity contribution in [2.24, 2.45) is 0 Å². The van der Waals surface area contributed by atoms with Crippen LogP contribution in [0.4, 0.5) is 5.69 Å². The fourth-order valence-corrected chi connectivity index (χ4v) is 2.88. The van der Waals surface area contributed by atoms with Gasteiger partial charge in [-0.05, 0) is 23.8 Å². The second-order valence-electron chi connectivity index (χ2n) is 4.84. The lowest BCUT2D eigenvalue weighted by atomic mass is 10.0. The van der Waals surface area contributed by atoms with Crippen molar-refractivity contribution in [3.8, 4) is 11.8 Å². The number of carbonyl (C=O) groups is 1. The highest BCUT2D eigenvalue weighted by molar-refractivity contribution is 14.1. The van der Waals surface area contributed by atoms with Gasteiger partial charge in [0.25, 0.3) is 0 Å². The van der Waals surface area contributed by atoms with E-state index >= 15 is 0 Å². The molecular formula is C18H14INO. The quantitative estimate of drug-likeness (QED) is 0.437. The van der Waals surface area contributed by atoms with E-state index in [9.17, 15) is 4.79 Å². The van der Waals surface area contributed by atoms with Gasteiger partial charge in [-0.1, -0.05) is 64.8 Å². The van der Waals surface area contributed by atoms with Crippen LogP contribution in [-0.4, -0.2) is 10.3 Å². The Balaban J connectivity index is 2.14. The highest BCUT2D eigenvalue weighted by Crippen LogP contribution is 2.25. The molecule has 2 aromatic rings. The van der Waals surface area contributed by atoms with Crippen molar-refractivity contribution in [1.29, 1.82) is 0 Å². The van der Waals surface area contributed by atoms with Crippen LogP contribution in [0.15, 0.2) is 48.5 Å². The van der Waals surface area contributed by atoms with Crippen LogP contribution in [0.2, 0.25) is 0 Å². The highest BCUT2D eigenvalue weighted by atomic mass is 127. The number of fused-ring (bicyclic) bond motifs is 2.